The Labute approximate surface area is 126 Å². The van der Waals surface area contributed by atoms with E-state index in [1.54, 1.807) is 4.68 Å². The highest BCUT2D eigenvalue weighted by molar-refractivity contribution is 6.30. The van der Waals surface area contributed by atoms with Gasteiger partial charge in [0.25, 0.3) is 0 Å². The maximum atomic E-state index is 10.1. The van der Waals surface area contributed by atoms with E-state index in [9.17, 15) is 5.11 Å². The Morgan fingerprint density at radius 3 is 2.75 bits per heavy atom. The van der Waals surface area contributed by atoms with Gasteiger partial charge in [0.05, 0.1) is 11.8 Å². The van der Waals surface area contributed by atoms with Gasteiger partial charge in [0.1, 0.15) is 5.15 Å². The first-order valence-corrected chi connectivity index (χ1v) is 7.97. The summed E-state index contributed by atoms with van der Waals surface area (Å²) < 4.78 is 1.75. The highest BCUT2D eigenvalue weighted by atomic mass is 35.5. The fraction of sp³-hybridized carbons (Fsp3) is 0.800. The van der Waals surface area contributed by atoms with E-state index in [0.29, 0.717) is 5.92 Å². The van der Waals surface area contributed by atoms with Crippen molar-refractivity contribution in [1.82, 2.24) is 14.7 Å². The van der Waals surface area contributed by atoms with E-state index in [-0.39, 0.29) is 6.10 Å². The Balaban J connectivity index is 1.99. The first-order chi connectivity index (χ1) is 9.52. The Kier molecular flexibility index (Phi) is 5.47. The summed E-state index contributed by atoms with van der Waals surface area (Å²) in [6.07, 6.45) is 5.25. The van der Waals surface area contributed by atoms with Crippen LogP contribution >= 0.6 is 11.6 Å². The number of aliphatic hydroxyl groups is 1. The minimum atomic E-state index is -0.138. The second kappa shape index (κ2) is 6.92. The van der Waals surface area contributed by atoms with Gasteiger partial charge in [-0.3, -0.25) is 4.68 Å². The first kappa shape index (κ1) is 15.8. The Morgan fingerprint density at radius 1 is 1.40 bits per heavy atom. The SMILES string of the molecule is CCc1nn(C)c(Cl)c1CN(C)CC1CCCCC1O. The van der Waals surface area contributed by atoms with Crippen molar-refractivity contribution in [2.75, 3.05) is 13.6 Å². The molecule has 0 radical (unpaired) electrons. The molecule has 0 aromatic carbocycles. The summed E-state index contributed by atoms with van der Waals surface area (Å²) in [7, 11) is 3.99. The van der Waals surface area contributed by atoms with Crippen molar-refractivity contribution in [1.29, 1.82) is 0 Å². The van der Waals surface area contributed by atoms with Crippen molar-refractivity contribution in [3.05, 3.63) is 16.4 Å². The molecule has 0 saturated heterocycles. The molecular formula is C15H26ClN3O. The molecule has 114 valence electrons. The standard InChI is InChI=1S/C15H26ClN3O/c1-4-13-12(15(16)19(3)17-13)10-18(2)9-11-7-5-6-8-14(11)20/h11,14,20H,4-10H2,1-3H3. The first-order valence-electron chi connectivity index (χ1n) is 7.59. The lowest BCUT2D eigenvalue weighted by Gasteiger charge is -2.31. The van der Waals surface area contributed by atoms with Crippen LogP contribution in [0.1, 0.15) is 43.9 Å². The number of hydrogen-bond acceptors (Lipinski definition) is 3. The lowest BCUT2D eigenvalue weighted by molar-refractivity contribution is 0.0501. The minimum Gasteiger partial charge on any atom is -0.393 e. The number of rotatable bonds is 5. The van der Waals surface area contributed by atoms with Crippen LogP contribution in [0.5, 0.6) is 0 Å². The molecule has 2 rings (SSSR count). The molecule has 1 heterocycles. The van der Waals surface area contributed by atoms with Crippen molar-refractivity contribution in [2.45, 2.75) is 51.7 Å². The summed E-state index contributed by atoms with van der Waals surface area (Å²) in [5.41, 5.74) is 2.21. The molecule has 1 fully saturated rings. The molecule has 0 spiro atoms. The fourth-order valence-electron chi connectivity index (χ4n) is 3.18. The van der Waals surface area contributed by atoms with Gasteiger partial charge in [-0.1, -0.05) is 31.4 Å². The number of aryl methyl sites for hydroxylation is 2. The van der Waals surface area contributed by atoms with Crippen molar-refractivity contribution in [3.63, 3.8) is 0 Å². The van der Waals surface area contributed by atoms with Gasteiger partial charge in [0, 0.05) is 25.7 Å². The van der Waals surface area contributed by atoms with Crippen LogP contribution in [-0.2, 0) is 20.0 Å². The van der Waals surface area contributed by atoms with Crippen molar-refractivity contribution in [3.8, 4) is 0 Å². The van der Waals surface area contributed by atoms with Gasteiger partial charge < -0.3 is 10.0 Å². The minimum absolute atomic E-state index is 0.138. The topological polar surface area (TPSA) is 41.3 Å². The Morgan fingerprint density at radius 2 is 2.10 bits per heavy atom. The summed E-state index contributed by atoms with van der Waals surface area (Å²) in [5.74, 6) is 0.397. The van der Waals surface area contributed by atoms with Gasteiger partial charge in [-0.25, -0.2) is 0 Å². The second-order valence-electron chi connectivity index (χ2n) is 6.00. The van der Waals surface area contributed by atoms with Crippen molar-refractivity contribution in [2.24, 2.45) is 13.0 Å². The molecule has 2 unspecified atom stereocenters. The molecule has 1 aromatic heterocycles. The van der Waals surface area contributed by atoms with Gasteiger partial charge in [-0.15, -0.1) is 0 Å². The average Bonchev–Trinajstić information content (AvgIpc) is 2.69. The summed E-state index contributed by atoms with van der Waals surface area (Å²) in [6, 6.07) is 0. The summed E-state index contributed by atoms with van der Waals surface area (Å²) in [5, 5.41) is 15.3. The van der Waals surface area contributed by atoms with Crippen LogP contribution in [0, 0.1) is 5.92 Å². The number of hydrogen-bond donors (Lipinski definition) is 1. The molecule has 1 N–H and O–H groups in total. The number of nitrogens with zero attached hydrogens (tertiary/aromatic N) is 3. The van der Waals surface area contributed by atoms with E-state index >= 15 is 0 Å². The van der Waals surface area contributed by atoms with Crippen LogP contribution in [0.15, 0.2) is 0 Å². The van der Waals surface area contributed by atoms with E-state index in [1.807, 2.05) is 7.05 Å². The molecule has 1 aliphatic carbocycles. The van der Waals surface area contributed by atoms with Crippen molar-refractivity contribution >= 4 is 11.6 Å². The average molecular weight is 300 g/mol. The molecular weight excluding hydrogens is 274 g/mol. The molecule has 5 heteroatoms. The third-order valence-electron chi connectivity index (χ3n) is 4.33. The number of aromatic nitrogens is 2. The van der Waals surface area contributed by atoms with Crippen LogP contribution in [0.3, 0.4) is 0 Å². The van der Waals surface area contributed by atoms with Gasteiger partial charge in [0.2, 0.25) is 0 Å². The third kappa shape index (κ3) is 3.54. The van der Waals surface area contributed by atoms with Crippen LogP contribution in [0.2, 0.25) is 5.15 Å². The molecule has 1 aliphatic rings. The van der Waals surface area contributed by atoms with Gasteiger partial charge in [-0.05, 0) is 32.2 Å². The largest absolute Gasteiger partial charge is 0.393 e. The van der Waals surface area contributed by atoms with Crippen LogP contribution in [-0.4, -0.2) is 39.5 Å². The molecule has 1 aromatic rings. The summed E-state index contributed by atoms with van der Waals surface area (Å²) >= 11 is 6.33. The van der Waals surface area contributed by atoms with E-state index < -0.39 is 0 Å². The van der Waals surface area contributed by atoms with Crippen molar-refractivity contribution < 1.29 is 5.11 Å². The van der Waals surface area contributed by atoms with E-state index in [1.165, 1.54) is 6.42 Å². The second-order valence-corrected chi connectivity index (χ2v) is 6.36. The van der Waals surface area contributed by atoms with Gasteiger partial charge >= 0.3 is 0 Å². The van der Waals surface area contributed by atoms with Gasteiger partial charge in [0.15, 0.2) is 0 Å². The molecule has 0 bridgehead atoms. The molecule has 0 aliphatic heterocycles. The van der Waals surface area contributed by atoms with Crippen LogP contribution < -0.4 is 0 Å². The van der Waals surface area contributed by atoms with E-state index in [4.69, 9.17) is 11.6 Å². The zero-order valence-corrected chi connectivity index (χ0v) is 13.5. The van der Waals surface area contributed by atoms with Gasteiger partial charge in [-0.2, -0.15) is 5.10 Å². The smallest absolute Gasteiger partial charge is 0.131 e. The molecule has 2 atom stereocenters. The lowest BCUT2D eigenvalue weighted by Crippen LogP contribution is -2.34. The van der Waals surface area contributed by atoms with E-state index in [2.05, 4.69) is 24.0 Å². The maximum absolute atomic E-state index is 10.1. The normalized spacial score (nSPS) is 23.5. The molecule has 0 amide bonds. The monoisotopic (exact) mass is 299 g/mol. The quantitative estimate of drug-likeness (QED) is 0.909. The summed E-state index contributed by atoms with van der Waals surface area (Å²) in [6.45, 7) is 3.83. The molecule has 4 nitrogen and oxygen atoms in total. The highest BCUT2D eigenvalue weighted by Crippen LogP contribution is 2.26. The Bertz CT molecular complexity index is 447. The molecule has 20 heavy (non-hydrogen) atoms. The zero-order chi connectivity index (χ0) is 14.7. The highest BCUT2D eigenvalue weighted by Gasteiger charge is 2.25. The van der Waals surface area contributed by atoms with Crippen LogP contribution in [0.25, 0.3) is 0 Å². The van der Waals surface area contributed by atoms with E-state index in [0.717, 1.165) is 55.2 Å². The zero-order valence-electron chi connectivity index (χ0n) is 12.8. The fourth-order valence-corrected chi connectivity index (χ4v) is 3.38. The maximum Gasteiger partial charge on any atom is 0.131 e. The number of halogens is 1. The predicted octanol–water partition coefficient (Wildman–Crippen LogP) is 2.62. The molecule has 1 saturated carbocycles. The third-order valence-corrected chi connectivity index (χ3v) is 4.80. The summed E-state index contributed by atoms with van der Waals surface area (Å²) in [4.78, 5) is 2.27. The lowest BCUT2D eigenvalue weighted by atomic mass is 9.86. The Hall–Kier alpha value is -0.580. The van der Waals surface area contributed by atoms with Crippen LogP contribution in [0.4, 0.5) is 0 Å². The number of aliphatic hydroxyl groups excluding tert-OH is 1. The predicted molar refractivity (Wildman–Crippen MR) is 81.9 cm³/mol.